The van der Waals surface area contributed by atoms with Crippen LogP contribution in [0.4, 0.5) is 4.39 Å². The summed E-state index contributed by atoms with van der Waals surface area (Å²) in [5.74, 6) is -0.232. The van der Waals surface area contributed by atoms with E-state index in [4.69, 9.17) is 4.98 Å². The van der Waals surface area contributed by atoms with E-state index in [2.05, 4.69) is 28.2 Å². The van der Waals surface area contributed by atoms with Crippen LogP contribution in [0.1, 0.15) is 36.8 Å². The van der Waals surface area contributed by atoms with Crippen molar-refractivity contribution in [2.75, 3.05) is 0 Å². The molecule has 3 rings (SSSR count). The fraction of sp³-hybridized carbons (Fsp3) is 0.438. The lowest BCUT2D eigenvalue weighted by molar-refractivity contribution is 0.627. The minimum Gasteiger partial charge on any atom is -0.309 e. The van der Waals surface area contributed by atoms with E-state index in [-0.39, 0.29) is 5.82 Å². The summed E-state index contributed by atoms with van der Waals surface area (Å²) >= 11 is 5.03. The van der Waals surface area contributed by atoms with Crippen molar-refractivity contribution in [1.29, 1.82) is 0 Å². The van der Waals surface area contributed by atoms with Gasteiger partial charge in [0.15, 0.2) is 0 Å². The van der Waals surface area contributed by atoms with Crippen LogP contribution in [0.3, 0.4) is 0 Å². The maximum atomic E-state index is 13.6. The van der Waals surface area contributed by atoms with Gasteiger partial charge >= 0.3 is 0 Å². The first kappa shape index (κ1) is 15.1. The Labute approximate surface area is 136 Å². The molecule has 5 heteroatoms. The van der Waals surface area contributed by atoms with Gasteiger partial charge in [0.05, 0.1) is 5.69 Å². The van der Waals surface area contributed by atoms with Gasteiger partial charge in [0, 0.05) is 27.5 Å². The normalized spacial score (nSPS) is 14.6. The maximum Gasteiger partial charge on any atom is 0.125 e. The first-order valence-corrected chi connectivity index (χ1v) is 8.95. The summed E-state index contributed by atoms with van der Waals surface area (Å²) in [5.41, 5.74) is 2.01. The third-order valence-corrected chi connectivity index (χ3v) is 5.11. The largest absolute Gasteiger partial charge is 0.309 e. The van der Waals surface area contributed by atoms with Crippen LogP contribution in [0.2, 0.25) is 0 Å². The Morgan fingerprint density at radius 1 is 1.38 bits per heavy atom. The van der Waals surface area contributed by atoms with Crippen LogP contribution in [-0.2, 0) is 13.0 Å². The molecule has 0 spiro atoms. The molecule has 1 aromatic heterocycles. The highest BCUT2D eigenvalue weighted by atomic mass is 79.9. The Morgan fingerprint density at radius 3 is 2.86 bits per heavy atom. The molecule has 1 N–H and O–H groups in total. The number of nitrogens with zero attached hydrogens (tertiary/aromatic N) is 1. The molecule has 1 heterocycles. The van der Waals surface area contributed by atoms with Crippen LogP contribution in [0.25, 0.3) is 10.6 Å². The molecule has 112 valence electrons. The zero-order valence-corrected chi connectivity index (χ0v) is 14.4. The summed E-state index contributed by atoms with van der Waals surface area (Å²) in [6.07, 6.45) is 4.62. The molecule has 1 aliphatic carbocycles. The second-order valence-electron chi connectivity index (χ2n) is 5.45. The topological polar surface area (TPSA) is 24.9 Å². The molecule has 0 saturated heterocycles. The number of nitrogens with one attached hydrogen (secondary N) is 1. The van der Waals surface area contributed by atoms with Crippen LogP contribution in [0.15, 0.2) is 22.7 Å². The summed E-state index contributed by atoms with van der Waals surface area (Å²) in [6, 6.07) is 5.64. The maximum absolute atomic E-state index is 13.6. The van der Waals surface area contributed by atoms with E-state index < -0.39 is 0 Å². The van der Waals surface area contributed by atoms with Crippen molar-refractivity contribution < 1.29 is 4.39 Å². The average molecular weight is 369 g/mol. The number of halogens is 2. The summed E-state index contributed by atoms with van der Waals surface area (Å²) in [4.78, 5) is 6.03. The highest BCUT2D eigenvalue weighted by Gasteiger charge is 2.21. The molecule has 0 aliphatic heterocycles. The fourth-order valence-electron chi connectivity index (χ4n) is 2.28. The number of hydrogen-bond acceptors (Lipinski definition) is 3. The van der Waals surface area contributed by atoms with Gasteiger partial charge in [0.1, 0.15) is 10.8 Å². The van der Waals surface area contributed by atoms with Crippen molar-refractivity contribution >= 4 is 27.3 Å². The quantitative estimate of drug-likeness (QED) is 0.782. The van der Waals surface area contributed by atoms with Crippen molar-refractivity contribution in [3.63, 3.8) is 0 Å². The van der Waals surface area contributed by atoms with Gasteiger partial charge in [-0.25, -0.2) is 9.37 Å². The molecule has 2 aromatic rings. The number of benzene rings is 1. The minimum absolute atomic E-state index is 0.232. The van der Waals surface area contributed by atoms with Crippen molar-refractivity contribution in [3.8, 4) is 10.6 Å². The molecular weight excluding hydrogens is 351 g/mol. The van der Waals surface area contributed by atoms with Crippen LogP contribution in [0, 0.1) is 5.82 Å². The lowest BCUT2D eigenvalue weighted by Crippen LogP contribution is -2.15. The Hall–Kier alpha value is -0.780. The van der Waals surface area contributed by atoms with Gasteiger partial charge in [-0.1, -0.05) is 29.3 Å². The standard InChI is InChI=1S/C16H18BrFN2S/c1-2-3-14-15(9-19-13-4-5-13)21-16(20-14)10-6-11(17)8-12(18)7-10/h6-8,13,19H,2-5,9H2,1H3. The first-order chi connectivity index (χ1) is 10.2. The van der Waals surface area contributed by atoms with Crippen molar-refractivity contribution in [2.24, 2.45) is 0 Å². The number of rotatable bonds is 6. The second kappa shape index (κ2) is 6.55. The lowest BCUT2D eigenvalue weighted by Gasteiger charge is -2.01. The molecular formula is C16H18BrFN2S. The second-order valence-corrected chi connectivity index (χ2v) is 7.45. The number of thiazole rings is 1. The fourth-order valence-corrected chi connectivity index (χ4v) is 3.79. The monoisotopic (exact) mass is 368 g/mol. The van der Waals surface area contributed by atoms with Gasteiger partial charge in [-0.3, -0.25) is 0 Å². The highest BCUT2D eigenvalue weighted by Crippen LogP contribution is 2.32. The third-order valence-electron chi connectivity index (χ3n) is 3.50. The molecule has 0 unspecified atom stereocenters. The van der Waals surface area contributed by atoms with Crippen LogP contribution in [-0.4, -0.2) is 11.0 Å². The molecule has 1 aliphatic rings. The smallest absolute Gasteiger partial charge is 0.125 e. The Balaban J connectivity index is 1.88. The molecule has 0 atom stereocenters. The summed E-state index contributed by atoms with van der Waals surface area (Å²) in [7, 11) is 0. The minimum atomic E-state index is -0.232. The Bertz CT molecular complexity index is 617. The number of aryl methyl sites for hydroxylation is 1. The van der Waals surface area contributed by atoms with E-state index >= 15 is 0 Å². The van der Waals surface area contributed by atoms with E-state index in [9.17, 15) is 4.39 Å². The first-order valence-electron chi connectivity index (χ1n) is 7.34. The van der Waals surface area contributed by atoms with Crippen molar-refractivity contribution in [3.05, 3.63) is 39.1 Å². The molecule has 2 nitrogen and oxygen atoms in total. The van der Waals surface area contributed by atoms with Crippen LogP contribution < -0.4 is 5.32 Å². The average Bonchev–Trinajstić information content (AvgIpc) is 3.17. The van der Waals surface area contributed by atoms with E-state index in [0.717, 1.165) is 40.1 Å². The number of hydrogen-bond donors (Lipinski definition) is 1. The predicted octanol–water partition coefficient (Wildman–Crippen LogP) is 4.92. The van der Waals surface area contributed by atoms with Crippen molar-refractivity contribution in [1.82, 2.24) is 10.3 Å². The molecule has 0 amide bonds. The zero-order chi connectivity index (χ0) is 14.8. The Kier molecular flexibility index (Phi) is 4.72. The third kappa shape index (κ3) is 3.90. The Morgan fingerprint density at radius 2 is 2.19 bits per heavy atom. The molecule has 1 fully saturated rings. The molecule has 1 saturated carbocycles. The lowest BCUT2D eigenvalue weighted by atomic mass is 10.2. The van der Waals surface area contributed by atoms with Gasteiger partial charge in [0.2, 0.25) is 0 Å². The van der Waals surface area contributed by atoms with Crippen LogP contribution in [0.5, 0.6) is 0 Å². The van der Waals surface area contributed by atoms with E-state index in [1.54, 1.807) is 17.4 Å². The molecule has 21 heavy (non-hydrogen) atoms. The molecule has 1 aromatic carbocycles. The van der Waals surface area contributed by atoms with E-state index in [0.29, 0.717) is 6.04 Å². The van der Waals surface area contributed by atoms with Crippen LogP contribution >= 0.6 is 27.3 Å². The molecule has 0 bridgehead atoms. The van der Waals surface area contributed by atoms with E-state index in [1.807, 2.05) is 6.07 Å². The van der Waals surface area contributed by atoms with Gasteiger partial charge in [-0.05, 0) is 37.5 Å². The highest BCUT2D eigenvalue weighted by molar-refractivity contribution is 9.10. The summed E-state index contributed by atoms with van der Waals surface area (Å²) in [6.45, 7) is 3.05. The predicted molar refractivity (Wildman–Crippen MR) is 89.1 cm³/mol. The SMILES string of the molecule is CCCc1nc(-c2cc(F)cc(Br)c2)sc1CNC1CC1. The summed E-state index contributed by atoms with van der Waals surface area (Å²) < 4.78 is 14.3. The summed E-state index contributed by atoms with van der Waals surface area (Å²) in [5, 5.41) is 4.45. The van der Waals surface area contributed by atoms with Gasteiger partial charge in [-0.2, -0.15) is 0 Å². The van der Waals surface area contributed by atoms with Gasteiger partial charge < -0.3 is 5.32 Å². The molecule has 0 radical (unpaired) electrons. The van der Waals surface area contributed by atoms with Crippen molar-refractivity contribution in [2.45, 2.75) is 45.2 Å². The zero-order valence-electron chi connectivity index (χ0n) is 12.0. The van der Waals surface area contributed by atoms with Gasteiger partial charge in [0.25, 0.3) is 0 Å². The number of aromatic nitrogens is 1. The van der Waals surface area contributed by atoms with E-state index in [1.165, 1.54) is 23.8 Å². The van der Waals surface area contributed by atoms with Gasteiger partial charge in [-0.15, -0.1) is 11.3 Å².